The van der Waals surface area contributed by atoms with Crippen LogP contribution in [0.25, 0.3) is 0 Å². The molecule has 0 radical (unpaired) electrons. The lowest BCUT2D eigenvalue weighted by Gasteiger charge is -2.19. The standard InChI is InChI=1S/C9H16O3.C9H16O.C8H11FN2OS.C8H13FO.C8H14O/c1-9(2,3)12-7-5-6-8(10)11-4;1-7(2)6-8(10)9(3,4)5;1-8(2,3)11-6(12)5-4-13-7(9)10-5;1-6(9)5-7(10)8(2,3)4;1-5-6-7(9)8(2,3)4/h5-6H,7H2,1-4H3;6H,1-5H3;4H,1-3H3,(H,11,12);5H,1-4H3;5-6H,1-4H3/b6-5+;;;6-5-;6-5+. The Bertz CT molecular complexity index is 1390. The van der Waals surface area contributed by atoms with Crippen molar-refractivity contribution in [1.82, 2.24) is 10.3 Å². The summed E-state index contributed by atoms with van der Waals surface area (Å²) >= 11 is 0.820. The number of allylic oxidation sites excluding steroid dienone is 6. The number of nitrogens with one attached hydrogen (secondary N) is 1. The lowest BCUT2D eigenvalue weighted by atomic mass is 9.90. The van der Waals surface area contributed by atoms with E-state index in [1.54, 1.807) is 45.1 Å². The molecule has 1 amide bonds. The molecule has 0 saturated carbocycles. The predicted molar refractivity (Wildman–Crippen MR) is 219 cm³/mol. The molecule has 1 aromatic rings. The van der Waals surface area contributed by atoms with E-state index >= 15 is 0 Å². The maximum Gasteiger partial charge on any atom is 0.330 e. The number of hydrogen-bond donors (Lipinski definition) is 1. The third-order valence-corrected chi connectivity index (χ3v) is 6.18. The second-order valence-corrected chi connectivity index (χ2v) is 18.1. The van der Waals surface area contributed by atoms with E-state index in [-0.39, 0.29) is 56.9 Å². The minimum Gasteiger partial charge on any atom is -0.466 e. The number of esters is 1. The third kappa shape index (κ3) is 38.1. The second kappa shape index (κ2) is 26.2. The molecule has 0 aliphatic rings. The van der Waals surface area contributed by atoms with Gasteiger partial charge in [-0.15, -0.1) is 0 Å². The van der Waals surface area contributed by atoms with Crippen LogP contribution in [-0.2, 0) is 28.7 Å². The summed E-state index contributed by atoms with van der Waals surface area (Å²) in [5.74, 6) is -0.912. The van der Waals surface area contributed by atoms with Crippen molar-refractivity contribution in [2.45, 2.75) is 143 Å². The van der Waals surface area contributed by atoms with Gasteiger partial charge in [0.2, 0.25) is 0 Å². The van der Waals surface area contributed by atoms with Gasteiger partial charge in [-0.3, -0.25) is 19.2 Å². The number of ketones is 3. The number of amides is 1. The van der Waals surface area contributed by atoms with Crippen molar-refractivity contribution in [1.29, 1.82) is 0 Å². The van der Waals surface area contributed by atoms with Crippen molar-refractivity contribution in [2.24, 2.45) is 16.2 Å². The summed E-state index contributed by atoms with van der Waals surface area (Å²) in [6.45, 7) is 35.6. The number of halogens is 2. The average molecular weight is 785 g/mol. The molecule has 0 spiro atoms. The highest BCUT2D eigenvalue weighted by Gasteiger charge is 2.20. The number of thiazole rings is 1. The minimum atomic E-state index is -0.584. The first-order valence-corrected chi connectivity index (χ1v) is 18.4. The quantitative estimate of drug-likeness (QED) is 0.214. The molecule has 54 heavy (non-hydrogen) atoms. The van der Waals surface area contributed by atoms with Gasteiger partial charge in [0, 0.05) is 39.3 Å². The van der Waals surface area contributed by atoms with E-state index in [1.165, 1.54) is 25.5 Å². The number of carbonyl (C=O) groups excluding carboxylic acids is 5. The Morgan fingerprint density at radius 1 is 0.759 bits per heavy atom. The zero-order valence-electron chi connectivity index (χ0n) is 36.7. The van der Waals surface area contributed by atoms with Crippen molar-refractivity contribution in [3.63, 3.8) is 0 Å². The van der Waals surface area contributed by atoms with Crippen molar-refractivity contribution in [3.05, 3.63) is 64.2 Å². The molecule has 0 atom stereocenters. The SMILES string of the molecule is C/C(F)=C/C(=O)C(C)(C)C.C/C=C/C(=O)C(C)(C)C.CC(C)(C)NC(=O)c1csc(F)n1.CC(C)=CC(=O)C(C)(C)C.COC(=O)/C=C/COC(C)(C)C. The van der Waals surface area contributed by atoms with E-state index in [0.717, 1.165) is 23.0 Å². The maximum atomic E-state index is 12.4. The summed E-state index contributed by atoms with van der Waals surface area (Å²) in [6.07, 6.45) is 9.09. The Labute approximate surface area is 329 Å². The number of hydrogen-bond acceptors (Lipinski definition) is 9. The molecule has 1 heterocycles. The first-order chi connectivity index (χ1) is 24.0. The van der Waals surface area contributed by atoms with E-state index in [1.807, 2.05) is 104 Å². The molecule has 9 nitrogen and oxygen atoms in total. The van der Waals surface area contributed by atoms with E-state index in [4.69, 9.17) is 4.74 Å². The van der Waals surface area contributed by atoms with Gasteiger partial charge in [0.05, 0.1) is 19.3 Å². The third-order valence-electron chi connectivity index (χ3n) is 5.55. The van der Waals surface area contributed by atoms with Crippen LogP contribution in [0.2, 0.25) is 0 Å². The Morgan fingerprint density at radius 3 is 1.44 bits per heavy atom. The average Bonchev–Trinajstić information content (AvgIpc) is 3.40. The van der Waals surface area contributed by atoms with Crippen LogP contribution in [0.1, 0.15) is 142 Å². The van der Waals surface area contributed by atoms with E-state index in [9.17, 15) is 32.8 Å². The second-order valence-electron chi connectivity index (χ2n) is 17.3. The van der Waals surface area contributed by atoms with E-state index in [2.05, 4.69) is 15.0 Å². The van der Waals surface area contributed by atoms with Gasteiger partial charge in [0.15, 0.2) is 17.3 Å². The van der Waals surface area contributed by atoms with Crippen molar-refractivity contribution in [2.75, 3.05) is 13.7 Å². The number of methoxy groups -OCH3 is 1. The summed E-state index contributed by atoms with van der Waals surface area (Å²) in [7, 11) is 1.34. The Hall–Kier alpha value is -3.64. The summed E-state index contributed by atoms with van der Waals surface area (Å²) in [4.78, 5) is 58.5. The molecule has 0 saturated heterocycles. The van der Waals surface area contributed by atoms with E-state index in [0.29, 0.717) is 6.61 Å². The van der Waals surface area contributed by atoms with Crippen LogP contribution in [-0.4, -0.2) is 59.1 Å². The molecular weight excluding hydrogens is 715 g/mol. The number of nitrogens with zero attached hydrogens (tertiary/aromatic N) is 1. The molecule has 0 unspecified atom stereocenters. The van der Waals surface area contributed by atoms with Crippen LogP contribution >= 0.6 is 11.3 Å². The monoisotopic (exact) mass is 784 g/mol. The van der Waals surface area contributed by atoms with Crippen LogP contribution in [0.5, 0.6) is 0 Å². The van der Waals surface area contributed by atoms with Gasteiger partial charge in [-0.2, -0.15) is 4.39 Å². The highest BCUT2D eigenvalue weighted by Crippen LogP contribution is 2.17. The van der Waals surface area contributed by atoms with Gasteiger partial charge in [-0.25, -0.2) is 14.2 Å². The van der Waals surface area contributed by atoms with Gasteiger partial charge < -0.3 is 14.8 Å². The number of carbonyl (C=O) groups is 5. The van der Waals surface area contributed by atoms with Crippen molar-refractivity contribution in [3.8, 4) is 0 Å². The van der Waals surface area contributed by atoms with Crippen LogP contribution in [0.3, 0.4) is 0 Å². The molecule has 1 rings (SSSR count). The smallest absolute Gasteiger partial charge is 0.330 e. The molecule has 0 aromatic carbocycles. The molecule has 310 valence electrons. The van der Waals surface area contributed by atoms with Gasteiger partial charge in [0.25, 0.3) is 11.2 Å². The Morgan fingerprint density at radius 2 is 1.20 bits per heavy atom. The summed E-state index contributed by atoms with van der Waals surface area (Å²) in [6, 6.07) is 0. The summed E-state index contributed by atoms with van der Waals surface area (Å²) < 4.78 is 34.3. The molecular formula is C42H70F2N2O7S. The molecule has 0 aliphatic carbocycles. The molecule has 1 aromatic heterocycles. The molecule has 12 heteroatoms. The van der Waals surface area contributed by atoms with Gasteiger partial charge in [0.1, 0.15) is 11.5 Å². The van der Waals surface area contributed by atoms with Crippen LogP contribution in [0.4, 0.5) is 8.78 Å². The van der Waals surface area contributed by atoms with Gasteiger partial charge in [-0.05, 0) is 81.4 Å². The lowest BCUT2D eigenvalue weighted by Crippen LogP contribution is -2.40. The normalized spacial score (nSPS) is 12.0. The topological polar surface area (TPSA) is 129 Å². The minimum absolute atomic E-state index is 0.137. The fourth-order valence-corrected chi connectivity index (χ4v) is 3.07. The fourth-order valence-electron chi connectivity index (χ4n) is 2.55. The predicted octanol–water partition coefficient (Wildman–Crippen LogP) is 10.6. The highest BCUT2D eigenvalue weighted by atomic mass is 32.1. The van der Waals surface area contributed by atoms with E-state index < -0.39 is 16.5 Å². The van der Waals surface area contributed by atoms with Crippen LogP contribution in [0, 0.1) is 21.5 Å². The Kier molecular flexibility index (Phi) is 27.7. The number of aromatic nitrogens is 1. The largest absolute Gasteiger partial charge is 0.466 e. The first-order valence-electron chi connectivity index (χ1n) is 17.6. The molecule has 0 fully saturated rings. The highest BCUT2D eigenvalue weighted by molar-refractivity contribution is 7.08. The zero-order chi connectivity index (χ0) is 43.9. The summed E-state index contributed by atoms with van der Waals surface area (Å²) in [5, 5.41) is 3.50. The molecule has 0 bridgehead atoms. The fraction of sp³-hybridized carbons (Fsp3) is 0.619. The molecule has 0 aliphatic heterocycles. The number of ether oxygens (including phenoxy) is 2. The Balaban J connectivity index is -0.000000291. The first kappa shape index (κ1) is 57.1. The van der Waals surface area contributed by atoms with Gasteiger partial charge >= 0.3 is 5.97 Å². The summed E-state index contributed by atoms with van der Waals surface area (Å²) in [5.41, 5.74) is -0.188. The lowest BCUT2D eigenvalue weighted by molar-refractivity contribution is -0.135. The van der Waals surface area contributed by atoms with Crippen LogP contribution in [0.15, 0.2) is 53.2 Å². The van der Waals surface area contributed by atoms with Gasteiger partial charge in [-0.1, -0.05) is 91.4 Å². The zero-order valence-corrected chi connectivity index (χ0v) is 37.5. The van der Waals surface area contributed by atoms with Crippen LogP contribution < -0.4 is 5.32 Å². The maximum absolute atomic E-state index is 12.4. The van der Waals surface area contributed by atoms with Crippen molar-refractivity contribution < 1.29 is 42.2 Å². The number of rotatable bonds is 7. The van der Waals surface area contributed by atoms with Crippen molar-refractivity contribution >= 4 is 40.6 Å². The molecule has 1 N–H and O–H groups in total.